The first-order chi connectivity index (χ1) is 12.5. The molecular weight excluding hydrogens is 370 g/mol. The fourth-order valence-electron chi connectivity index (χ4n) is 3.30. The summed E-state index contributed by atoms with van der Waals surface area (Å²) in [6, 6.07) is 0. The first-order valence-corrected chi connectivity index (χ1v) is 11.1. The minimum Gasteiger partial charge on any atom is -0.383 e. The first kappa shape index (κ1) is 19.8. The summed E-state index contributed by atoms with van der Waals surface area (Å²) in [6.07, 6.45) is 2.95. The number of hydrogen-bond donors (Lipinski definition) is 0. The molecular formula is C18H27N3O3S2. The highest BCUT2D eigenvalue weighted by molar-refractivity contribution is 8.00. The van der Waals surface area contributed by atoms with Gasteiger partial charge < -0.3 is 9.64 Å². The van der Waals surface area contributed by atoms with Crippen LogP contribution in [-0.4, -0.2) is 58.2 Å². The maximum atomic E-state index is 12.9. The fourth-order valence-corrected chi connectivity index (χ4v) is 5.36. The lowest BCUT2D eigenvalue weighted by molar-refractivity contribution is -0.129. The number of methoxy groups -OCH3 is 1. The van der Waals surface area contributed by atoms with Crippen molar-refractivity contribution in [1.29, 1.82) is 0 Å². The zero-order valence-electron chi connectivity index (χ0n) is 15.7. The van der Waals surface area contributed by atoms with Gasteiger partial charge in [0.1, 0.15) is 0 Å². The Morgan fingerprint density at radius 3 is 2.77 bits per heavy atom. The topological polar surface area (TPSA) is 64.4 Å². The molecule has 3 heterocycles. The van der Waals surface area contributed by atoms with Crippen LogP contribution in [-0.2, 0) is 22.5 Å². The molecule has 2 aliphatic heterocycles. The number of fused-ring (bicyclic) bond motifs is 1. The number of amides is 1. The Kier molecular flexibility index (Phi) is 6.69. The summed E-state index contributed by atoms with van der Waals surface area (Å²) in [6.45, 7) is 6.93. The summed E-state index contributed by atoms with van der Waals surface area (Å²) in [5.41, 5.74) is 0.881. The summed E-state index contributed by atoms with van der Waals surface area (Å²) in [5.74, 6) is 1.16. The quantitative estimate of drug-likeness (QED) is 0.542. The largest absolute Gasteiger partial charge is 0.383 e. The van der Waals surface area contributed by atoms with E-state index < -0.39 is 0 Å². The number of ether oxygens (including phenoxy) is 1. The predicted molar refractivity (Wildman–Crippen MR) is 105 cm³/mol. The van der Waals surface area contributed by atoms with Gasteiger partial charge in [-0.05, 0) is 18.8 Å². The van der Waals surface area contributed by atoms with Crippen molar-refractivity contribution in [3.63, 3.8) is 0 Å². The van der Waals surface area contributed by atoms with Gasteiger partial charge in [-0.25, -0.2) is 4.98 Å². The van der Waals surface area contributed by atoms with Crippen molar-refractivity contribution >= 4 is 29.4 Å². The highest BCUT2D eigenvalue weighted by Gasteiger charge is 2.27. The maximum absolute atomic E-state index is 12.9. The number of thioether (sulfide) groups is 2. The molecule has 0 aliphatic carbocycles. The van der Waals surface area contributed by atoms with E-state index in [0.29, 0.717) is 35.2 Å². The lowest BCUT2D eigenvalue weighted by Gasteiger charge is -2.30. The molecule has 1 fully saturated rings. The Balaban J connectivity index is 1.74. The second-order valence-corrected chi connectivity index (χ2v) is 9.50. The van der Waals surface area contributed by atoms with Crippen molar-refractivity contribution in [2.45, 2.75) is 55.0 Å². The summed E-state index contributed by atoms with van der Waals surface area (Å²) in [4.78, 5) is 32.8. The van der Waals surface area contributed by atoms with Gasteiger partial charge in [0.2, 0.25) is 5.91 Å². The standard InChI is InChI=1S/C18H27N3O3S2/c1-12-4-6-20(7-5-12)15(22)11-25-18-19-14-10-13(2)26-16(14)17(23)21(18)8-9-24-3/h12-13H,4-11H2,1-3H3. The van der Waals surface area contributed by atoms with Gasteiger partial charge in [-0.15, -0.1) is 11.8 Å². The van der Waals surface area contributed by atoms with Crippen LogP contribution in [0.4, 0.5) is 0 Å². The van der Waals surface area contributed by atoms with Crippen LogP contribution in [0, 0.1) is 5.92 Å². The molecule has 1 saturated heterocycles. The molecule has 1 atom stereocenters. The third-order valence-electron chi connectivity index (χ3n) is 4.94. The van der Waals surface area contributed by atoms with E-state index in [-0.39, 0.29) is 11.5 Å². The minimum atomic E-state index is 0.00291. The number of likely N-dealkylation sites (tertiary alicyclic amines) is 1. The van der Waals surface area contributed by atoms with Crippen LogP contribution in [0.15, 0.2) is 14.8 Å². The predicted octanol–water partition coefficient (Wildman–Crippen LogP) is 2.28. The van der Waals surface area contributed by atoms with E-state index in [1.165, 1.54) is 11.8 Å². The van der Waals surface area contributed by atoms with Crippen LogP contribution in [0.5, 0.6) is 0 Å². The second kappa shape index (κ2) is 8.80. The molecule has 2 aliphatic rings. The summed E-state index contributed by atoms with van der Waals surface area (Å²) >= 11 is 2.98. The molecule has 1 unspecified atom stereocenters. The third kappa shape index (κ3) is 4.46. The SMILES string of the molecule is COCCn1c(SCC(=O)N2CCC(C)CC2)nc2c(c1=O)SC(C)C2. The molecule has 1 aromatic rings. The Morgan fingerprint density at radius 1 is 1.35 bits per heavy atom. The zero-order valence-corrected chi connectivity index (χ0v) is 17.3. The summed E-state index contributed by atoms with van der Waals surface area (Å²) < 4.78 is 6.82. The molecule has 0 N–H and O–H groups in total. The van der Waals surface area contributed by atoms with E-state index in [1.54, 1.807) is 23.4 Å². The molecule has 144 valence electrons. The van der Waals surface area contributed by atoms with E-state index >= 15 is 0 Å². The Morgan fingerprint density at radius 2 is 2.08 bits per heavy atom. The first-order valence-electron chi connectivity index (χ1n) is 9.19. The second-order valence-electron chi connectivity index (χ2n) is 7.10. The average molecular weight is 398 g/mol. The van der Waals surface area contributed by atoms with Crippen LogP contribution in [0.1, 0.15) is 32.4 Å². The van der Waals surface area contributed by atoms with E-state index in [9.17, 15) is 9.59 Å². The van der Waals surface area contributed by atoms with Gasteiger partial charge in [0, 0.05) is 31.9 Å². The van der Waals surface area contributed by atoms with Crippen molar-refractivity contribution in [2.24, 2.45) is 5.92 Å². The number of rotatable bonds is 6. The van der Waals surface area contributed by atoms with Crippen molar-refractivity contribution in [2.75, 3.05) is 32.6 Å². The fraction of sp³-hybridized carbons (Fsp3) is 0.722. The minimum absolute atomic E-state index is 0.00291. The van der Waals surface area contributed by atoms with E-state index in [0.717, 1.165) is 42.9 Å². The normalized spacial score (nSPS) is 20.4. The molecule has 0 bridgehead atoms. The van der Waals surface area contributed by atoms with Gasteiger partial charge in [-0.1, -0.05) is 25.6 Å². The third-order valence-corrected chi connectivity index (χ3v) is 7.12. The molecule has 6 nitrogen and oxygen atoms in total. The molecule has 1 amide bonds. The van der Waals surface area contributed by atoms with E-state index in [4.69, 9.17) is 9.72 Å². The summed E-state index contributed by atoms with van der Waals surface area (Å²) in [5, 5.41) is 1.01. The Hall–Kier alpha value is -0.990. The number of nitrogens with zero attached hydrogens (tertiary/aromatic N) is 3. The van der Waals surface area contributed by atoms with Crippen molar-refractivity contribution in [1.82, 2.24) is 14.5 Å². The maximum Gasteiger partial charge on any atom is 0.268 e. The van der Waals surface area contributed by atoms with E-state index in [2.05, 4.69) is 13.8 Å². The van der Waals surface area contributed by atoms with Crippen LogP contribution >= 0.6 is 23.5 Å². The van der Waals surface area contributed by atoms with Gasteiger partial charge in [-0.3, -0.25) is 14.2 Å². The van der Waals surface area contributed by atoms with Crippen molar-refractivity contribution in [3.8, 4) is 0 Å². The molecule has 0 radical (unpaired) electrons. The molecule has 26 heavy (non-hydrogen) atoms. The van der Waals surface area contributed by atoms with Gasteiger partial charge in [-0.2, -0.15) is 0 Å². The highest BCUT2D eigenvalue weighted by Crippen LogP contribution is 2.34. The highest BCUT2D eigenvalue weighted by atomic mass is 32.2. The van der Waals surface area contributed by atoms with Crippen LogP contribution in [0.3, 0.4) is 0 Å². The Labute approximate surface area is 163 Å². The van der Waals surface area contributed by atoms with Crippen LogP contribution in [0.25, 0.3) is 0 Å². The molecule has 0 aromatic carbocycles. The molecule has 3 rings (SSSR count). The Bertz CT molecular complexity index is 714. The molecule has 0 saturated carbocycles. The lowest BCUT2D eigenvalue weighted by Crippen LogP contribution is -2.39. The molecule has 1 aromatic heterocycles. The van der Waals surface area contributed by atoms with Gasteiger partial charge >= 0.3 is 0 Å². The van der Waals surface area contributed by atoms with Crippen molar-refractivity contribution in [3.05, 3.63) is 16.0 Å². The molecule has 0 spiro atoms. The van der Waals surface area contributed by atoms with Gasteiger partial charge in [0.05, 0.1) is 29.5 Å². The average Bonchev–Trinajstić information content (AvgIpc) is 3.00. The number of carbonyl (C=O) groups is 1. The lowest BCUT2D eigenvalue weighted by atomic mass is 9.99. The number of carbonyl (C=O) groups excluding carboxylic acids is 1. The van der Waals surface area contributed by atoms with Crippen molar-refractivity contribution < 1.29 is 9.53 Å². The zero-order chi connectivity index (χ0) is 18.7. The number of aromatic nitrogens is 2. The van der Waals surface area contributed by atoms with Crippen LogP contribution in [0.2, 0.25) is 0 Å². The van der Waals surface area contributed by atoms with E-state index in [1.807, 2.05) is 4.90 Å². The summed E-state index contributed by atoms with van der Waals surface area (Å²) in [7, 11) is 1.62. The smallest absolute Gasteiger partial charge is 0.268 e. The van der Waals surface area contributed by atoms with Crippen LogP contribution < -0.4 is 5.56 Å². The number of piperidine rings is 1. The van der Waals surface area contributed by atoms with Gasteiger partial charge in [0.15, 0.2) is 5.16 Å². The molecule has 8 heteroatoms. The monoisotopic (exact) mass is 397 g/mol. The number of hydrogen-bond acceptors (Lipinski definition) is 6. The van der Waals surface area contributed by atoms with Gasteiger partial charge in [0.25, 0.3) is 5.56 Å².